The van der Waals surface area contributed by atoms with Crippen LogP contribution < -0.4 is 0 Å². The third-order valence-electron chi connectivity index (χ3n) is 10.2. The van der Waals surface area contributed by atoms with Gasteiger partial charge in [-0.2, -0.15) is 0 Å². The van der Waals surface area contributed by atoms with Gasteiger partial charge in [-0.15, -0.1) is 0 Å². The fourth-order valence-electron chi connectivity index (χ4n) is 8.43. The molecule has 213 valence electrons. The molecule has 0 saturated carbocycles. The van der Waals surface area contributed by atoms with Gasteiger partial charge in [0.05, 0.1) is 0 Å². The summed E-state index contributed by atoms with van der Waals surface area (Å²) in [5.74, 6) is -0.999. The number of rotatable bonds is 5. The molecule has 0 radical (unpaired) electrons. The molecule has 0 aromatic heterocycles. The molecule has 0 saturated heterocycles. The molecule has 6 aromatic carbocycles. The summed E-state index contributed by atoms with van der Waals surface area (Å²) in [5, 5.41) is 5.39. The summed E-state index contributed by atoms with van der Waals surface area (Å²) in [6.45, 7) is 10.3. The molecule has 0 spiro atoms. The van der Waals surface area contributed by atoms with Crippen LogP contribution in [0.1, 0.15) is 54.5 Å². The minimum atomic E-state index is -2.25. The predicted molar refractivity (Wildman–Crippen MR) is 189 cm³/mol. The summed E-state index contributed by atoms with van der Waals surface area (Å²) in [7, 11) is 0. The van der Waals surface area contributed by atoms with Crippen LogP contribution in [0.5, 0.6) is 0 Å². The van der Waals surface area contributed by atoms with Crippen LogP contribution >= 0.6 is 0 Å². The van der Waals surface area contributed by atoms with E-state index in [9.17, 15) is 0 Å². The molecule has 0 nitrogen and oxygen atoms in total. The van der Waals surface area contributed by atoms with Crippen molar-refractivity contribution in [2.45, 2.75) is 34.2 Å². The van der Waals surface area contributed by atoms with Crippen molar-refractivity contribution in [2.24, 2.45) is 0 Å². The van der Waals surface area contributed by atoms with Gasteiger partial charge in [-0.3, -0.25) is 0 Å². The zero-order valence-electron chi connectivity index (χ0n) is 25.9. The van der Waals surface area contributed by atoms with E-state index in [4.69, 9.17) is 0 Å². The molecule has 0 aliphatic heterocycles. The van der Waals surface area contributed by atoms with Crippen LogP contribution in [-0.4, -0.2) is 5.92 Å². The number of hydrogen-bond acceptors (Lipinski definition) is 0. The van der Waals surface area contributed by atoms with Gasteiger partial charge in [-0.1, -0.05) is 0 Å². The van der Waals surface area contributed by atoms with Gasteiger partial charge >= 0.3 is 272 Å². The van der Waals surface area contributed by atoms with Gasteiger partial charge in [0.1, 0.15) is 0 Å². The Morgan fingerprint density at radius 3 is 1.25 bits per heavy atom. The third kappa shape index (κ3) is 4.26. The molecule has 2 heteroatoms. The Kier molecular flexibility index (Phi) is 7.04. The first-order valence-corrected chi connectivity index (χ1v) is 26.0. The average molecular weight is 661 g/mol. The van der Waals surface area contributed by atoms with Crippen molar-refractivity contribution in [2.75, 3.05) is 0 Å². The molecule has 0 amide bonds. The number of allylic oxidation sites excluding steroid dienone is 2. The monoisotopic (exact) mass is 659 g/mol. The minimum absolute atomic E-state index is 0.592. The van der Waals surface area contributed by atoms with Crippen LogP contribution in [0, 0.1) is 0 Å². The van der Waals surface area contributed by atoms with E-state index in [1.54, 1.807) is 22.3 Å². The molecule has 8 rings (SSSR count). The Bertz CT molecular complexity index is 1990. The van der Waals surface area contributed by atoms with Crippen molar-refractivity contribution in [3.63, 3.8) is 0 Å². The van der Waals surface area contributed by atoms with Crippen molar-refractivity contribution >= 4 is 38.6 Å². The van der Waals surface area contributed by atoms with E-state index in [0.29, 0.717) is 7.25 Å². The van der Waals surface area contributed by atoms with Crippen molar-refractivity contribution in [3.05, 3.63) is 178 Å². The van der Waals surface area contributed by atoms with Crippen LogP contribution in [-0.2, 0) is 20.9 Å². The van der Waals surface area contributed by atoms with Gasteiger partial charge in [0.2, 0.25) is 0 Å². The number of benzene rings is 6. The van der Waals surface area contributed by atoms with E-state index >= 15 is 0 Å². The number of fused-ring (bicyclic) bond motifs is 4. The standard InChI is InChI=1S/2C20H15.C2H7Si.Zr/c2*1-14-13-16-8-3-5-11-18(16)20(14)19-12-6-9-15-7-2-4-10-17(15)19;1-3-2;/h2*2-13H,1H3;3H,1-2H3;. The topological polar surface area (TPSA) is 0 Å². The molecule has 0 fully saturated rings. The first-order valence-electron chi connectivity index (χ1n) is 16.0. The second-order valence-corrected chi connectivity index (χ2v) is 32.9. The molecule has 44 heavy (non-hydrogen) atoms. The maximum atomic E-state index is 2.67. The molecular formula is C42H37SiZr. The Hall–Kier alpha value is -3.58. The second-order valence-electron chi connectivity index (χ2n) is 12.9. The van der Waals surface area contributed by atoms with Crippen molar-refractivity contribution in [3.8, 4) is 0 Å². The molecule has 2 atom stereocenters. The Morgan fingerprint density at radius 2 is 0.795 bits per heavy atom. The van der Waals surface area contributed by atoms with Gasteiger partial charge in [-0.05, 0) is 0 Å². The Balaban J connectivity index is 1.36. The predicted octanol–water partition coefficient (Wildman–Crippen LogP) is 11.0. The molecule has 2 unspecified atom stereocenters. The maximum absolute atomic E-state index is 2.67. The quantitative estimate of drug-likeness (QED) is 0.161. The fraction of sp³-hybridized carbons (Fsp3) is 0.143. The van der Waals surface area contributed by atoms with Crippen LogP contribution in [0.25, 0.3) is 32.7 Å². The molecule has 0 heterocycles. The molecule has 0 N–H and O–H groups in total. The molecule has 0 bridgehead atoms. The first-order chi connectivity index (χ1) is 21.5. The summed E-state index contributed by atoms with van der Waals surface area (Å²) in [4.78, 5) is 0. The van der Waals surface area contributed by atoms with E-state index in [0.717, 1.165) is 0 Å². The van der Waals surface area contributed by atoms with Gasteiger partial charge in [-0.25, -0.2) is 0 Å². The van der Waals surface area contributed by atoms with E-state index in [2.05, 4.69) is 160 Å². The zero-order chi connectivity index (χ0) is 29.9. The summed E-state index contributed by atoms with van der Waals surface area (Å²) < 4.78 is 1.18. The Morgan fingerprint density at radius 1 is 0.432 bits per heavy atom. The SMILES string of the molecule is CC1=C(c2cccc3ccccc23)c2ccccc2[CH]1[Zr]([CH]1C(C)=C(c2cccc3ccccc23)c2ccccc21)[SiH](C)C. The molecule has 6 aromatic rings. The van der Waals surface area contributed by atoms with Crippen molar-refractivity contribution in [1.82, 2.24) is 0 Å². The van der Waals surface area contributed by atoms with Crippen LogP contribution in [0.2, 0.25) is 13.1 Å². The summed E-state index contributed by atoms with van der Waals surface area (Å²) in [6, 6.07) is 50.5. The average Bonchev–Trinajstić information content (AvgIpc) is 3.50. The fourth-order valence-corrected chi connectivity index (χ4v) is 31.7. The Labute approximate surface area is 270 Å². The second kappa shape index (κ2) is 11.1. The molecule has 2 aliphatic carbocycles. The normalized spacial score (nSPS) is 17.6. The third-order valence-corrected chi connectivity index (χ3v) is 32.2. The van der Waals surface area contributed by atoms with E-state index in [1.807, 2.05) is 0 Å². The molecular weight excluding hydrogens is 624 g/mol. The summed E-state index contributed by atoms with van der Waals surface area (Å²) in [6.07, 6.45) is 0. The zero-order valence-corrected chi connectivity index (χ0v) is 29.5. The summed E-state index contributed by atoms with van der Waals surface area (Å²) >= 11 is -2.25. The van der Waals surface area contributed by atoms with Crippen molar-refractivity contribution < 1.29 is 20.9 Å². The van der Waals surface area contributed by atoms with Gasteiger partial charge in [0.15, 0.2) is 0 Å². The summed E-state index contributed by atoms with van der Waals surface area (Å²) in [5.41, 5.74) is 15.2. The van der Waals surface area contributed by atoms with Gasteiger partial charge in [0.25, 0.3) is 0 Å². The van der Waals surface area contributed by atoms with Crippen LogP contribution in [0.4, 0.5) is 0 Å². The van der Waals surface area contributed by atoms with E-state index < -0.39 is 26.8 Å². The van der Waals surface area contributed by atoms with Crippen molar-refractivity contribution in [1.29, 1.82) is 0 Å². The van der Waals surface area contributed by atoms with Crippen LogP contribution in [0.15, 0.2) is 145 Å². The number of hydrogen-bond donors (Lipinski definition) is 0. The van der Waals surface area contributed by atoms with E-state index in [-0.39, 0.29) is 0 Å². The van der Waals surface area contributed by atoms with Gasteiger partial charge < -0.3 is 0 Å². The van der Waals surface area contributed by atoms with Gasteiger partial charge in [0, 0.05) is 0 Å². The van der Waals surface area contributed by atoms with E-state index in [1.165, 1.54) is 54.9 Å². The first kappa shape index (κ1) is 27.9. The van der Waals surface area contributed by atoms with Crippen LogP contribution in [0.3, 0.4) is 0 Å². The molecule has 2 aliphatic rings.